The molecule has 6 aromatic carbocycles. The first-order valence-electron chi connectivity index (χ1n) is 13.6. The van der Waals surface area contributed by atoms with Gasteiger partial charge in [-0.2, -0.15) is 0 Å². The molecule has 0 saturated heterocycles. The molecule has 0 aliphatic carbocycles. The Bertz CT molecular complexity index is 2140. The first-order chi connectivity index (χ1) is 20.3. The van der Waals surface area contributed by atoms with Gasteiger partial charge in [0.05, 0.1) is 0 Å². The zero-order valence-corrected chi connectivity index (χ0v) is 22.0. The van der Waals surface area contributed by atoms with E-state index in [1.165, 1.54) is 16.3 Å². The third-order valence-electron chi connectivity index (χ3n) is 7.54. The molecule has 0 saturated carbocycles. The lowest BCUT2D eigenvalue weighted by Crippen LogP contribution is -2.00. The van der Waals surface area contributed by atoms with Crippen LogP contribution in [0.3, 0.4) is 0 Å². The standard InChI is InChI=1S/C37H23N3O/c1-3-12-25(13-4-1)35-38-36(26-14-5-2-6-15-26)40-37(39-35)30-19-10-20-33-34(30)31-23-27(21-22-32(31)41-33)29-18-9-16-24-11-7-8-17-28(24)29/h1-23H. The highest BCUT2D eigenvalue weighted by atomic mass is 16.3. The molecule has 0 fully saturated rings. The summed E-state index contributed by atoms with van der Waals surface area (Å²) in [5.74, 6) is 1.88. The van der Waals surface area contributed by atoms with Crippen molar-refractivity contribution in [3.05, 3.63) is 140 Å². The van der Waals surface area contributed by atoms with Crippen LogP contribution in [0.15, 0.2) is 144 Å². The minimum atomic E-state index is 0.613. The SMILES string of the molecule is c1ccc(-c2nc(-c3ccccc3)nc(-c3cccc4oc5ccc(-c6cccc7ccccc67)cc5c34)n2)cc1. The first kappa shape index (κ1) is 23.3. The van der Waals surface area contributed by atoms with Crippen LogP contribution in [0.1, 0.15) is 0 Å². The average molecular weight is 526 g/mol. The summed E-state index contributed by atoms with van der Waals surface area (Å²) >= 11 is 0. The van der Waals surface area contributed by atoms with Gasteiger partial charge in [0.25, 0.3) is 0 Å². The fourth-order valence-electron chi connectivity index (χ4n) is 5.59. The molecule has 4 nitrogen and oxygen atoms in total. The van der Waals surface area contributed by atoms with Crippen molar-refractivity contribution in [1.29, 1.82) is 0 Å². The van der Waals surface area contributed by atoms with E-state index in [4.69, 9.17) is 19.4 Å². The third-order valence-corrected chi connectivity index (χ3v) is 7.54. The summed E-state index contributed by atoms with van der Waals surface area (Å²) < 4.78 is 6.35. The van der Waals surface area contributed by atoms with Gasteiger partial charge in [0.1, 0.15) is 11.2 Å². The van der Waals surface area contributed by atoms with E-state index in [1.807, 2.05) is 72.8 Å². The van der Waals surface area contributed by atoms with Gasteiger partial charge in [-0.15, -0.1) is 0 Å². The maximum absolute atomic E-state index is 6.35. The molecule has 0 aliphatic rings. The Balaban J connectivity index is 1.38. The van der Waals surface area contributed by atoms with Crippen molar-refractivity contribution in [2.75, 3.05) is 0 Å². The Morgan fingerprint density at radius 3 is 1.76 bits per heavy atom. The van der Waals surface area contributed by atoms with Crippen molar-refractivity contribution in [2.24, 2.45) is 0 Å². The molecule has 41 heavy (non-hydrogen) atoms. The molecule has 8 rings (SSSR count). The zero-order chi connectivity index (χ0) is 27.2. The second-order valence-corrected chi connectivity index (χ2v) is 10.1. The minimum absolute atomic E-state index is 0.613. The molecule has 0 bridgehead atoms. The maximum Gasteiger partial charge on any atom is 0.164 e. The molecule has 192 valence electrons. The van der Waals surface area contributed by atoms with Crippen molar-refractivity contribution in [2.45, 2.75) is 0 Å². The highest BCUT2D eigenvalue weighted by Crippen LogP contribution is 2.39. The molecule has 0 amide bonds. The number of nitrogens with zero attached hydrogens (tertiary/aromatic N) is 3. The fourth-order valence-corrected chi connectivity index (χ4v) is 5.59. The summed E-state index contributed by atoms with van der Waals surface area (Å²) in [5.41, 5.74) is 6.75. The van der Waals surface area contributed by atoms with Crippen LogP contribution in [0.25, 0.3) is 78.0 Å². The average Bonchev–Trinajstić information content (AvgIpc) is 3.43. The summed E-state index contributed by atoms with van der Waals surface area (Å²) in [4.78, 5) is 14.9. The molecule has 0 atom stereocenters. The van der Waals surface area contributed by atoms with Gasteiger partial charge in [-0.05, 0) is 40.1 Å². The molecular weight excluding hydrogens is 502 g/mol. The van der Waals surface area contributed by atoms with E-state index in [-0.39, 0.29) is 0 Å². The van der Waals surface area contributed by atoms with Crippen LogP contribution in [0.5, 0.6) is 0 Å². The van der Waals surface area contributed by atoms with Crippen molar-refractivity contribution < 1.29 is 4.42 Å². The van der Waals surface area contributed by atoms with Gasteiger partial charge in [-0.25, -0.2) is 15.0 Å². The number of benzene rings is 6. The number of aromatic nitrogens is 3. The van der Waals surface area contributed by atoms with Gasteiger partial charge in [0.15, 0.2) is 17.5 Å². The number of fused-ring (bicyclic) bond motifs is 4. The zero-order valence-electron chi connectivity index (χ0n) is 22.0. The predicted molar refractivity (Wildman–Crippen MR) is 166 cm³/mol. The van der Waals surface area contributed by atoms with Gasteiger partial charge in [-0.1, -0.05) is 121 Å². The normalized spacial score (nSPS) is 11.4. The van der Waals surface area contributed by atoms with Crippen LogP contribution in [0, 0.1) is 0 Å². The Labute approximate surface area is 236 Å². The summed E-state index contributed by atoms with van der Waals surface area (Å²) in [7, 11) is 0. The van der Waals surface area contributed by atoms with Gasteiger partial charge < -0.3 is 4.42 Å². The lowest BCUT2D eigenvalue weighted by molar-refractivity contribution is 0.669. The van der Waals surface area contributed by atoms with Crippen LogP contribution in [0.2, 0.25) is 0 Å². The van der Waals surface area contributed by atoms with Crippen molar-refractivity contribution in [3.8, 4) is 45.3 Å². The van der Waals surface area contributed by atoms with Crippen LogP contribution < -0.4 is 0 Å². The van der Waals surface area contributed by atoms with E-state index in [1.54, 1.807) is 0 Å². The minimum Gasteiger partial charge on any atom is -0.456 e. The summed E-state index contributed by atoms with van der Waals surface area (Å²) in [6, 6.07) is 47.5. The lowest BCUT2D eigenvalue weighted by Gasteiger charge is -2.09. The van der Waals surface area contributed by atoms with Crippen LogP contribution in [0.4, 0.5) is 0 Å². The second-order valence-electron chi connectivity index (χ2n) is 10.1. The molecule has 0 unspecified atom stereocenters. The predicted octanol–water partition coefficient (Wildman–Crippen LogP) is 9.59. The Morgan fingerprint density at radius 2 is 1.00 bits per heavy atom. The Kier molecular flexibility index (Phi) is 5.42. The van der Waals surface area contributed by atoms with Crippen molar-refractivity contribution >= 4 is 32.7 Å². The lowest BCUT2D eigenvalue weighted by atomic mass is 9.96. The number of hydrogen-bond donors (Lipinski definition) is 0. The van der Waals surface area contributed by atoms with E-state index in [0.717, 1.165) is 44.2 Å². The largest absolute Gasteiger partial charge is 0.456 e. The Morgan fingerprint density at radius 1 is 0.390 bits per heavy atom. The summed E-state index contributed by atoms with van der Waals surface area (Å²) in [5, 5.41) is 4.47. The molecule has 0 N–H and O–H groups in total. The number of furan rings is 1. The molecule has 0 aliphatic heterocycles. The molecule has 8 aromatic rings. The van der Waals surface area contributed by atoms with E-state index in [2.05, 4.69) is 66.7 Å². The van der Waals surface area contributed by atoms with Crippen LogP contribution in [-0.4, -0.2) is 15.0 Å². The van der Waals surface area contributed by atoms with Crippen LogP contribution in [-0.2, 0) is 0 Å². The quantitative estimate of drug-likeness (QED) is 0.230. The van der Waals surface area contributed by atoms with Crippen LogP contribution >= 0.6 is 0 Å². The van der Waals surface area contributed by atoms with Crippen molar-refractivity contribution in [3.63, 3.8) is 0 Å². The first-order valence-corrected chi connectivity index (χ1v) is 13.6. The third kappa shape index (κ3) is 4.05. The van der Waals surface area contributed by atoms with Crippen molar-refractivity contribution in [1.82, 2.24) is 15.0 Å². The van der Waals surface area contributed by atoms with E-state index >= 15 is 0 Å². The Hall–Kier alpha value is -5.61. The second kappa shape index (κ2) is 9.54. The highest BCUT2D eigenvalue weighted by molar-refractivity contribution is 6.13. The maximum atomic E-state index is 6.35. The highest BCUT2D eigenvalue weighted by Gasteiger charge is 2.18. The van der Waals surface area contributed by atoms with Gasteiger partial charge in [0, 0.05) is 27.5 Å². The van der Waals surface area contributed by atoms with Gasteiger partial charge in [-0.3, -0.25) is 0 Å². The number of rotatable bonds is 4. The molecule has 0 spiro atoms. The van der Waals surface area contributed by atoms with E-state index in [0.29, 0.717) is 17.5 Å². The molecule has 4 heteroatoms. The molecule has 2 aromatic heterocycles. The molecule has 0 radical (unpaired) electrons. The monoisotopic (exact) mass is 525 g/mol. The topological polar surface area (TPSA) is 51.8 Å². The molecule has 2 heterocycles. The van der Waals surface area contributed by atoms with Gasteiger partial charge >= 0.3 is 0 Å². The smallest absolute Gasteiger partial charge is 0.164 e. The summed E-state index contributed by atoms with van der Waals surface area (Å²) in [6.07, 6.45) is 0. The van der Waals surface area contributed by atoms with Gasteiger partial charge in [0.2, 0.25) is 0 Å². The number of hydrogen-bond acceptors (Lipinski definition) is 4. The van der Waals surface area contributed by atoms with E-state index in [9.17, 15) is 0 Å². The summed E-state index contributed by atoms with van der Waals surface area (Å²) in [6.45, 7) is 0. The molecular formula is C37H23N3O. The van der Waals surface area contributed by atoms with E-state index < -0.39 is 0 Å². The fraction of sp³-hybridized carbons (Fsp3) is 0.